The zero-order chi connectivity index (χ0) is 23.1. The van der Waals surface area contributed by atoms with Crippen LogP contribution < -0.4 is 20.3 Å². The summed E-state index contributed by atoms with van der Waals surface area (Å²) in [6.45, 7) is 4.52. The Morgan fingerprint density at radius 2 is 1.53 bits per heavy atom. The molecule has 0 fully saturated rings. The van der Waals surface area contributed by atoms with Crippen molar-refractivity contribution in [2.24, 2.45) is 5.92 Å². The van der Waals surface area contributed by atoms with Gasteiger partial charge in [0.05, 0.1) is 13.7 Å². The van der Waals surface area contributed by atoms with Gasteiger partial charge in [-0.1, -0.05) is 44.2 Å². The van der Waals surface area contributed by atoms with Crippen LogP contribution in [0.15, 0.2) is 78.9 Å². The highest BCUT2D eigenvalue weighted by atomic mass is 31.2. The highest BCUT2D eigenvalue weighted by Gasteiger charge is 2.38. The predicted molar refractivity (Wildman–Crippen MR) is 135 cm³/mol. The number of nitrogens with one attached hydrogen (secondary N) is 1. The van der Waals surface area contributed by atoms with E-state index in [1.54, 1.807) is 7.11 Å². The largest absolute Gasteiger partial charge is 0.497 e. The van der Waals surface area contributed by atoms with E-state index in [2.05, 4.69) is 19.2 Å². The molecule has 0 radical (unpaired) electrons. The number of hydrogen-bond acceptors (Lipinski definition) is 5. The van der Waals surface area contributed by atoms with Crippen LogP contribution in [0.4, 0.5) is 11.4 Å². The second-order valence-electron chi connectivity index (χ2n) is 8.38. The van der Waals surface area contributed by atoms with E-state index < -0.39 is 13.2 Å². The van der Waals surface area contributed by atoms with Gasteiger partial charge in [-0.3, -0.25) is 4.57 Å². The molecule has 3 aromatic rings. The van der Waals surface area contributed by atoms with Gasteiger partial charge in [0.2, 0.25) is 0 Å². The van der Waals surface area contributed by atoms with E-state index in [9.17, 15) is 4.57 Å². The van der Waals surface area contributed by atoms with Crippen molar-refractivity contribution in [2.75, 3.05) is 38.0 Å². The van der Waals surface area contributed by atoms with E-state index in [0.717, 1.165) is 22.7 Å². The van der Waals surface area contributed by atoms with Crippen molar-refractivity contribution in [3.63, 3.8) is 0 Å². The predicted octanol–water partition coefficient (Wildman–Crippen LogP) is 6.15. The molecule has 1 N–H and O–H groups in total. The first-order valence-corrected chi connectivity index (χ1v) is 12.5. The van der Waals surface area contributed by atoms with Crippen molar-refractivity contribution in [3.8, 4) is 5.75 Å². The van der Waals surface area contributed by atoms with Gasteiger partial charge in [-0.2, -0.15) is 0 Å². The fourth-order valence-corrected chi connectivity index (χ4v) is 5.92. The number of nitrogens with zero attached hydrogens (tertiary/aromatic N) is 1. The number of methoxy groups -OCH3 is 1. The SMILES string of the molecule is COc1ccc(C(Nc2ccccc2)P(=O)(OCC(C)C)c2ccc(N(C)C)cc2)cc1. The molecule has 0 saturated heterocycles. The number of benzene rings is 3. The van der Waals surface area contributed by atoms with Crippen LogP contribution in [-0.4, -0.2) is 27.8 Å². The summed E-state index contributed by atoms with van der Waals surface area (Å²) >= 11 is 0. The molecule has 2 atom stereocenters. The van der Waals surface area contributed by atoms with Crippen LogP contribution in [0.1, 0.15) is 25.2 Å². The van der Waals surface area contributed by atoms with Gasteiger partial charge in [-0.05, 0) is 60.0 Å². The lowest BCUT2D eigenvalue weighted by Crippen LogP contribution is -2.22. The molecule has 0 aliphatic heterocycles. The monoisotopic (exact) mass is 452 g/mol. The van der Waals surface area contributed by atoms with Gasteiger partial charge in [-0.25, -0.2) is 0 Å². The Hall–Kier alpha value is -2.75. The first-order chi connectivity index (χ1) is 15.3. The third-order valence-corrected chi connectivity index (χ3v) is 7.83. The summed E-state index contributed by atoms with van der Waals surface area (Å²) < 4.78 is 26.3. The van der Waals surface area contributed by atoms with Crippen LogP contribution >= 0.6 is 7.37 Å². The van der Waals surface area contributed by atoms with E-state index in [0.29, 0.717) is 11.9 Å². The van der Waals surface area contributed by atoms with Crippen LogP contribution in [0.25, 0.3) is 0 Å². The van der Waals surface area contributed by atoms with Crippen molar-refractivity contribution in [3.05, 3.63) is 84.4 Å². The summed E-state index contributed by atoms with van der Waals surface area (Å²) in [7, 11) is 2.24. The summed E-state index contributed by atoms with van der Waals surface area (Å²) in [6, 6.07) is 25.3. The highest BCUT2D eigenvalue weighted by molar-refractivity contribution is 7.67. The van der Waals surface area contributed by atoms with E-state index >= 15 is 0 Å². The summed E-state index contributed by atoms with van der Waals surface area (Å²) in [5.74, 6) is 0.442. The maximum absolute atomic E-state index is 14.7. The Bertz CT molecular complexity index is 1020. The smallest absolute Gasteiger partial charge is 0.258 e. The molecule has 0 spiro atoms. The van der Waals surface area contributed by atoms with E-state index in [4.69, 9.17) is 9.26 Å². The van der Waals surface area contributed by atoms with Crippen molar-refractivity contribution < 1.29 is 13.8 Å². The third-order valence-electron chi connectivity index (χ3n) is 5.17. The fourth-order valence-electron chi connectivity index (χ4n) is 3.36. The summed E-state index contributed by atoms with van der Waals surface area (Å²) in [6.07, 6.45) is 0. The minimum absolute atomic E-state index is 0.248. The second kappa shape index (κ2) is 10.7. The van der Waals surface area contributed by atoms with Gasteiger partial charge in [0.25, 0.3) is 7.37 Å². The molecule has 3 aromatic carbocycles. The lowest BCUT2D eigenvalue weighted by molar-refractivity contribution is 0.272. The van der Waals surface area contributed by atoms with Crippen molar-refractivity contribution >= 4 is 24.0 Å². The van der Waals surface area contributed by atoms with Crippen LogP contribution in [0.3, 0.4) is 0 Å². The first kappa shape index (κ1) is 23.9. The van der Waals surface area contributed by atoms with Crippen LogP contribution in [0.5, 0.6) is 5.75 Å². The van der Waals surface area contributed by atoms with Crippen LogP contribution in [0, 0.1) is 5.92 Å². The summed E-state index contributed by atoms with van der Waals surface area (Å²) in [5, 5.41) is 4.18. The number of para-hydroxylation sites is 1. The quantitative estimate of drug-likeness (QED) is 0.374. The van der Waals surface area contributed by atoms with Crippen LogP contribution in [-0.2, 0) is 9.09 Å². The molecule has 0 heterocycles. The number of rotatable bonds is 10. The maximum Gasteiger partial charge on any atom is 0.258 e. The molecule has 2 unspecified atom stereocenters. The van der Waals surface area contributed by atoms with Gasteiger partial charge in [0.15, 0.2) is 0 Å². The summed E-state index contributed by atoms with van der Waals surface area (Å²) in [4.78, 5) is 2.02. The van der Waals surface area contributed by atoms with E-state index in [1.807, 2.05) is 97.9 Å². The molecular weight excluding hydrogens is 419 g/mol. The minimum Gasteiger partial charge on any atom is -0.497 e. The lowest BCUT2D eigenvalue weighted by Gasteiger charge is -2.31. The minimum atomic E-state index is -3.37. The maximum atomic E-state index is 14.7. The van der Waals surface area contributed by atoms with Crippen molar-refractivity contribution in [1.29, 1.82) is 0 Å². The average Bonchev–Trinajstić information content (AvgIpc) is 2.82. The Kier molecular flexibility index (Phi) is 8.00. The first-order valence-electron chi connectivity index (χ1n) is 10.8. The highest BCUT2D eigenvalue weighted by Crippen LogP contribution is 2.59. The molecule has 170 valence electrons. The van der Waals surface area contributed by atoms with Gasteiger partial charge in [-0.15, -0.1) is 0 Å². The Labute approximate surface area is 191 Å². The average molecular weight is 453 g/mol. The molecule has 0 saturated carbocycles. The van der Waals surface area contributed by atoms with E-state index in [1.165, 1.54) is 0 Å². The lowest BCUT2D eigenvalue weighted by atomic mass is 10.2. The molecule has 0 amide bonds. The molecule has 3 rings (SSSR count). The normalized spacial score (nSPS) is 13.9. The van der Waals surface area contributed by atoms with Crippen molar-refractivity contribution in [1.82, 2.24) is 0 Å². The molecule has 6 heteroatoms. The molecule has 0 bridgehead atoms. The van der Waals surface area contributed by atoms with Crippen molar-refractivity contribution in [2.45, 2.75) is 19.6 Å². The fraction of sp³-hybridized carbons (Fsp3) is 0.308. The molecule has 5 nitrogen and oxygen atoms in total. The van der Waals surface area contributed by atoms with Crippen LogP contribution in [0.2, 0.25) is 0 Å². The summed E-state index contributed by atoms with van der Waals surface area (Å²) in [5.41, 5.74) is 2.80. The Morgan fingerprint density at radius 1 is 0.906 bits per heavy atom. The third kappa shape index (κ3) is 5.73. The Balaban J connectivity index is 2.11. The second-order valence-corrected chi connectivity index (χ2v) is 10.9. The van der Waals surface area contributed by atoms with Gasteiger partial charge in [0.1, 0.15) is 11.5 Å². The van der Waals surface area contributed by atoms with Gasteiger partial charge >= 0.3 is 0 Å². The molecule has 0 aliphatic carbocycles. The van der Waals surface area contributed by atoms with Gasteiger partial charge < -0.3 is 19.5 Å². The zero-order valence-corrected chi connectivity index (χ0v) is 20.4. The number of ether oxygens (including phenoxy) is 1. The van der Waals surface area contributed by atoms with E-state index in [-0.39, 0.29) is 5.92 Å². The van der Waals surface area contributed by atoms with Gasteiger partial charge in [0, 0.05) is 30.8 Å². The molecular formula is C26H33N2O3P. The molecule has 0 aliphatic rings. The number of hydrogen-bond donors (Lipinski definition) is 1. The molecule has 32 heavy (non-hydrogen) atoms. The molecule has 0 aromatic heterocycles. The Morgan fingerprint density at radius 3 is 2.06 bits per heavy atom. The number of anilines is 2. The standard InChI is InChI=1S/C26H33N2O3P/c1-20(2)19-31-32(29,25-17-13-23(14-18-25)28(3)4)26(27-22-9-7-6-8-10-22)21-11-15-24(30-5)16-12-21/h6-18,20,26-27H,19H2,1-5H3. The zero-order valence-electron chi connectivity index (χ0n) is 19.5. The topological polar surface area (TPSA) is 50.8 Å².